The summed E-state index contributed by atoms with van der Waals surface area (Å²) in [6.07, 6.45) is 6.51. The minimum absolute atomic E-state index is 0. The van der Waals surface area contributed by atoms with Gasteiger partial charge in [-0.25, -0.2) is 0 Å². The lowest BCUT2D eigenvalue weighted by atomic mass is 9.96. The van der Waals surface area contributed by atoms with Gasteiger partial charge in [-0.05, 0) is 71.0 Å². The molecule has 0 aromatic rings. The molecule has 1 heterocycles. The van der Waals surface area contributed by atoms with Gasteiger partial charge in [-0.3, -0.25) is 9.79 Å². The van der Waals surface area contributed by atoms with Crippen LogP contribution in [0.3, 0.4) is 0 Å². The Morgan fingerprint density at radius 3 is 2.38 bits per heavy atom. The summed E-state index contributed by atoms with van der Waals surface area (Å²) in [5, 5.41) is 6.87. The zero-order valence-corrected chi connectivity index (χ0v) is 19.4. The Morgan fingerprint density at radius 2 is 1.85 bits per heavy atom. The summed E-state index contributed by atoms with van der Waals surface area (Å²) < 4.78 is 0. The topological polar surface area (TPSA) is 82.8 Å². The molecule has 1 aliphatic rings. The van der Waals surface area contributed by atoms with Crippen LogP contribution in [-0.4, -0.2) is 56.0 Å². The first kappa shape index (κ1) is 25.4. The summed E-state index contributed by atoms with van der Waals surface area (Å²) in [7, 11) is 1.83. The van der Waals surface area contributed by atoms with Crippen LogP contribution in [0.25, 0.3) is 0 Å². The molecule has 6 nitrogen and oxygen atoms in total. The summed E-state index contributed by atoms with van der Waals surface area (Å²) in [6.45, 7) is 10.8. The molecule has 0 radical (unpaired) electrons. The molecule has 0 bridgehead atoms. The fraction of sp³-hybridized carbons (Fsp3) is 0.895. The van der Waals surface area contributed by atoms with Crippen LogP contribution in [-0.2, 0) is 4.79 Å². The number of hydrogen-bond acceptors (Lipinski definition) is 3. The number of primary amides is 1. The van der Waals surface area contributed by atoms with E-state index in [0.717, 1.165) is 63.7 Å². The lowest BCUT2D eigenvalue weighted by Gasteiger charge is -2.30. The predicted molar refractivity (Wildman–Crippen MR) is 121 cm³/mol. The Bertz CT molecular complexity index is 409. The number of piperidine rings is 1. The van der Waals surface area contributed by atoms with E-state index in [1.54, 1.807) is 0 Å². The van der Waals surface area contributed by atoms with Crippen LogP contribution in [0.15, 0.2) is 4.99 Å². The van der Waals surface area contributed by atoms with Crippen molar-refractivity contribution in [2.45, 2.75) is 65.3 Å². The highest BCUT2D eigenvalue weighted by molar-refractivity contribution is 14.0. The van der Waals surface area contributed by atoms with Crippen LogP contribution in [0.1, 0.15) is 59.3 Å². The van der Waals surface area contributed by atoms with Crippen LogP contribution < -0.4 is 16.4 Å². The van der Waals surface area contributed by atoms with Gasteiger partial charge in [0.1, 0.15) is 0 Å². The second kappa shape index (κ2) is 14.5. The van der Waals surface area contributed by atoms with E-state index < -0.39 is 0 Å². The van der Waals surface area contributed by atoms with E-state index in [2.05, 4.69) is 41.3 Å². The van der Waals surface area contributed by atoms with Crippen molar-refractivity contribution in [3.8, 4) is 0 Å². The van der Waals surface area contributed by atoms with Crippen LogP contribution in [0, 0.1) is 11.8 Å². The third kappa shape index (κ3) is 11.2. The lowest BCUT2D eigenvalue weighted by Crippen LogP contribution is -2.42. The van der Waals surface area contributed by atoms with E-state index in [4.69, 9.17) is 5.73 Å². The number of halogens is 1. The number of nitrogens with one attached hydrogen (secondary N) is 2. The van der Waals surface area contributed by atoms with Crippen molar-refractivity contribution < 1.29 is 4.79 Å². The summed E-state index contributed by atoms with van der Waals surface area (Å²) in [6, 6.07) is 0.445. The Hall–Kier alpha value is -0.570. The van der Waals surface area contributed by atoms with Gasteiger partial charge in [-0.2, -0.15) is 0 Å². The molecule has 0 saturated carbocycles. The number of hydrogen-bond donors (Lipinski definition) is 3. The van der Waals surface area contributed by atoms with Crippen LogP contribution >= 0.6 is 24.0 Å². The summed E-state index contributed by atoms with van der Waals surface area (Å²) in [4.78, 5) is 17.9. The van der Waals surface area contributed by atoms with Crippen LogP contribution in [0.4, 0.5) is 0 Å². The van der Waals surface area contributed by atoms with E-state index in [1.807, 2.05) is 7.05 Å². The first-order valence-corrected chi connectivity index (χ1v) is 9.91. The number of carbonyl (C=O) groups is 1. The van der Waals surface area contributed by atoms with E-state index >= 15 is 0 Å². The van der Waals surface area contributed by atoms with Gasteiger partial charge in [0.15, 0.2) is 5.96 Å². The predicted octanol–water partition coefficient (Wildman–Crippen LogP) is 2.57. The minimum Gasteiger partial charge on any atom is -0.369 e. The average Bonchev–Trinajstić information content (AvgIpc) is 2.59. The zero-order valence-electron chi connectivity index (χ0n) is 17.1. The third-order valence-electron chi connectivity index (χ3n) is 4.97. The van der Waals surface area contributed by atoms with Crippen LogP contribution in [0.5, 0.6) is 0 Å². The molecule has 0 aromatic heterocycles. The van der Waals surface area contributed by atoms with Gasteiger partial charge in [-0.1, -0.05) is 13.8 Å². The minimum atomic E-state index is -0.134. The number of likely N-dealkylation sites (tertiary alicyclic amines) is 1. The molecule has 1 rings (SSSR count). The van der Waals surface area contributed by atoms with Gasteiger partial charge < -0.3 is 21.3 Å². The van der Waals surface area contributed by atoms with Gasteiger partial charge in [0, 0.05) is 25.6 Å². The molecule has 1 saturated heterocycles. The molecule has 0 spiro atoms. The molecule has 1 aliphatic heterocycles. The molecular weight excluding hydrogens is 441 g/mol. The summed E-state index contributed by atoms with van der Waals surface area (Å²) >= 11 is 0. The molecular formula is C19H40IN5O. The first-order chi connectivity index (χ1) is 11.9. The van der Waals surface area contributed by atoms with E-state index in [1.165, 1.54) is 12.8 Å². The number of carbonyl (C=O) groups excluding carboxylic acids is 1. The van der Waals surface area contributed by atoms with Crippen molar-refractivity contribution in [2.75, 3.05) is 33.2 Å². The molecule has 7 heteroatoms. The van der Waals surface area contributed by atoms with Crippen molar-refractivity contribution >= 4 is 35.8 Å². The summed E-state index contributed by atoms with van der Waals surface area (Å²) in [5.74, 6) is 1.60. The number of nitrogens with zero attached hydrogens (tertiary/aromatic N) is 2. The van der Waals surface area contributed by atoms with Crippen molar-refractivity contribution in [1.29, 1.82) is 0 Å². The van der Waals surface area contributed by atoms with Crippen molar-refractivity contribution in [2.24, 2.45) is 22.6 Å². The molecule has 1 unspecified atom stereocenters. The monoisotopic (exact) mass is 481 g/mol. The fourth-order valence-corrected chi connectivity index (χ4v) is 3.19. The number of amides is 1. The van der Waals surface area contributed by atoms with Gasteiger partial charge >= 0.3 is 0 Å². The standard InChI is InChI=1S/C19H39N5O.HI/c1-15(2)7-8-16(3)23-19(21-4)22-11-5-6-12-24-13-9-17(10-14-24)18(20)25;/h15-17H,5-14H2,1-4H3,(H2,20,25)(H2,21,22,23);1H. The van der Waals surface area contributed by atoms with Gasteiger partial charge in [0.05, 0.1) is 0 Å². The smallest absolute Gasteiger partial charge is 0.220 e. The normalized spacial score (nSPS) is 17.7. The highest BCUT2D eigenvalue weighted by Crippen LogP contribution is 2.16. The number of unbranched alkanes of at least 4 members (excludes halogenated alkanes) is 1. The van der Waals surface area contributed by atoms with Gasteiger partial charge in [0.25, 0.3) is 0 Å². The fourth-order valence-electron chi connectivity index (χ4n) is 3.19. The average molecular weight is 481 g/mol. The highest BCUT2D eigenvalue weighted by atomic mass is 127. The van der Waals surface area contributed by atoms with Crippen molar-refractivity contribution in [3.63, 3.8) is 0 Å². The summed E-state index contributed by atoms with van der Waals surface area (Å²) in [5.41, 5.74) is 5.38. The Morgan fingerprint density at radius 1 is 1.19 bits per heavy atom. The zero-order chi connectivity index (χ0) is 18.7. The Labute approximate surface area is 177 Å². The molecule has 154 valence electrons. The molecule has 26 heavy (non-hydrogen) atoms. The SMILES string of the molecule is CN=C(NCCCCN1CCC(C(N)=O)CC1)NC(C)CCC(C)C.I. The van der Waals surface area contributed by atoms with Crippen molar-refractivity contribution in [3.05, 3.63) is 0 Å². The van der Waals surface area contributed by atoms with E-state index in [9.17, 15) is 4.79 Å². The van der Waals surface area contributed by atoms with E-state index in [-0.39, 0.29) is 35.8 Å². The maximum Gasteiger partial charge on any atom is 0.220 e. The first-order valence-electron chi connectivity index (χ1n) is 9.91. The van der Waals surface area contributed by atoms with Gasteiger partial charge in [-0.15, -0.1) is 24.0 Å². The Balaban J connectivity index is 0.00000625. The number of rotatable bonds is 10. The molecule has 4 N–H and O–H groups in total. The second-order valence-electron chi connectivity index (χ2n) is 7.74. The van der Waals surface area contributed by atoms with Crippen LogP contribution in [0.2, 0.25) is 0 Å². The van der Waals surface area contributed by atoms with E-state index in [0.29, 0.717) is 6.04 Å². The lowest BCUT2D eigenvalue weighted by molar-refractivity contribution is -0.123. The maximum atomic E-state index is 11.2. The van der Waals surface area contributed by atoms with Crippen molar-refractivity contribution in [1.82, 2.24) is 15.5 Å². The number of guanidine groups is 1. The molecule has 1 amide bonds. The Kier molecular flexibility index (Phi) is 14.2. The third-order valence-corrected chi connectivity index (χ3v) is 4.97. The molecule has 1 atom stereocenters. The molecule has 0 aliphatic carbocycles. The largest absolute Gasteiger partial charge is 0.369 e. The quantitative estimate of drug-likeness (QED) is 0.194. The maximum absolute atomic E-state index is 11.2. The number of aliphatic imine (C=N–C) groups is 1. The number of nitrogens with two attached hydrogens (primary N) is 1. The molecule has 0 aromatic carbocycles. The second-order valence-corrected chi connectivity index (χ2v) is 7.74. The highest BCUT2D eigenvalue weighted by Gasteiger charge is 2.22. The van der Waals surface area contributed by atoms with Gasteiger partial charge in [0.2, 0.25) is 5.91 Å². The molecule has 1 fully saturated rings.